The molecule has 0 spiro atoms. The molecular weight excluding hydrogens is 438 g/mol. The van der Waals surface area contributed by atoms with Crippen LogP contribution in [0.3, 0.4) is 0 Å². The monoisotopic (exact) mass is 467 g/mol. The molecule has 2 unspecified atom stereocenters. The SMILES string of the molecule is C=CC(=O)Nc1cccc(-c2cccc3c2NC(Nc2ccc(OC4CCN(C)C4)cc2)N=C3)c1. The van der Waals surface area contributed by atoms with Gasteiger partial charge in [-0.1, -0.05) is 36.9 Å². The lowest BCUT2D eigenvalue weighted by Gasteiger charge is -2.26. The predicted octanol–water partition coefficient (Wildman–Crippen LogP) is 4.80. The normalized spacial score (nSPS) is 18.9. The number of likely N-dealkylation sites (N-methyl/N-ethyl adjacent to an activating group) is 1. The van der Waals surface area contributed by atoms with E-state index in [1.54, 1.807) is 0 Å². The highest BCUT2D eigenvalue weighted by atomic mass is 16.5. The van der Waals surface area contributed by atoms with Crippen LogP contribution in [0, 0.1) is 0 Å². The van der Waals surface area contributed by atoms with Gasteiger partial charge < -0.3 is 25.6 Å². The topological polar surface area (TPSA) is 78.0 Å². The number of carbonyl (C=O) groups excluding carboxylic acids is 1. The third-order valence-electron chi connectivity index (χ3n) is 6.18. The number of likely N-dealkylation sites (tertiary alicyclic amines) is 1. The Morgan fingerprint density at radius 1 is 1.14 bits per heavy atom. The maximum atomic E-state index is 11.7. The summed E-state index contributed by atoms with van der Waals surface area (Å²) in [6, 6.07) is 21.9. The largest absolute Gasteiger partial charge is 0.489 e. The average Bonchev–Trinajstić information content (AvgIpc) is 3.29. The van der Waals surface area contributed by atoms with Gasteiger partial charge >= 0.3 is 0 Å². The molecule has 7 heteroatoms. The third-order valence-corrected chi connectivity index (χ3v) is 6.18. The number of nitrogens with zero attached hydrogens (tertiary/aromatic N) is 2. The minimum atomic E-state index is -0.317. The van der Waals surface area contributed by atoms with Crippen molar-refractivity contribution in [1.29, 1.82) is 0 Å². The van der Waals surface area contributed by atoms with Crippen LogP contribution >= 0.6 is 0 Å². The van der Waals surface area contributed by atoms with Gasteiger partial charge in [0.05, 0.1) is 5.69 Å². The van der Waals surface area contributed by atoms with Gasteiger partial charge in [0.25, 0.3) is 0 Å². The Bertz CT molecular complexity index is 1250. The molecular formula is C28H29N5O2. The number of aliphatic imine (C=N–C) groups is 1. The van der Waals surface area contributed by atoms with Gasteiger partial charge in [0.2, 0.25) is 5.91 Å². The summed E-state index contributed by atoms with van der Waals surface area (Å²) in [5, 5.41) is 9.77. The fourth-order valence-electron chi connectivity index (χ4n) is 4.41. The average molecular weight is 468 g/mol. The zero-order valence-electron chi connectivity index (χ0n) is 19.7. The minimum absolute atomic E-state index is 0.237. The Balaban J connectivity index is 1.29. The zero-order valence-corrected chi connectivity index (χ0v) is 19.7. The molecule has 2 aliphatic rings. The van der Waals surface area contributed by atoms with Gasteiger partial charge in [-0.3, -0.25) is 4.79 Å². The maximum absolute atomic E-state index is 11.7. The van der Waals surface area contributed by atoms with E-state index >= 15 is 0 Å². The van der Waals surface area contributed by atoms with Gasteiger partial charge in [0.1, 0.15) is 11.9 Å². The summed E-state index contributed by atoms with van der Waals surface area (Å²) >= 11 is 0. The molecule has 3 aromatic carbocycles. The molecule has 35 heavy (non-hydrogen) atoms. The molecule has 2 aliphatic heterocycles. The second-order valence-electron chi connectivity index (χ2n) is 8.83. The molecule has 3 N–H and O–H groups in total. The van der Waals surface area contributed by atoms with Crippen molar-refractivity contribution in [2.75, 3.05) is 36.1 Å². The maximum Gasteiger partial charge on any atom is 0.247 e. The molecule has 1 fully saturated rings. The fraction of sp³-hybridized carbons (Fsp3) is 0.214. The van der Waals surface area contributed by atoms with Crippen LogP contribution in [0.15, 0.2) is 84.4 Å². The van der Waals surface area contributed by atoms with Gasteiger partial charge in [0.15, 0.2) is 6.29 Å². The standard InChI is InChI=1S/C28H29N5O2/c1-3-26(34)30-22-8-4-6-19(16-22)25-9-5-7-20-17-29-28(32-27(20)25)31-21-10-12-23(13-11-21)35-24-14-15-33(2)18-24/h3-13,16-17,24,28,31-32H,1,14-15,18H2,2H3,(H,30,34). The predicted molar refractivity (Wildman–Crippen MR) is 142 cm³/mol. The lowest BCUT2D eigenvalue weighted by molar-refractivity contribution is -0.111. The van der Waals surface area contributed by atoms with Gasteiger partial charge in [0, 0.05) is 41.8 Å². The molecule has 0 aromatic heterocycles. The molecule has 2 heterocycles. The second kappa shape index (κ2) is 10.0. The highest BCUT2D eigenvalue weighted by molar-refractivity contribution is 6.00. The Morgan fingerprint density at radius 3 is 2.74 bits per heavy atom. The van der Waals surface area contributed by atoms with Crippen LogP contribution in [-0.4, -0.2) is 49.6 Å². The first-order valence-electron chi connectivity index (χ1n) is 11.8. The Hall–Kier alpha value is -4.10. The lowest BCUT2D eigenvalue weighted by atomic mass is 9.99. The van der Waals surface area contributed by atoms with Crippen molar-refractivity contribution >= 4 is 29.2 Å². The van der Waals surface area contributed by atoms with E-state index < -0.39 is 0 Å². The first-order chi connectivity index (χ1) is 17.1. The van der Waals surface area contributed by atoms with Crippen molar-refractivity contribution in [3.8, 4) is 16.9 Å². The van der Waals surface area contributed by atoms with E-state index in [0.717, 1.165) is 59.0 Å². The highest BCUT2D eigenvalue weighted by Crippen LogP contribution is 2.34. The number of nitrogens with one attached hydrogen (secondary N) is 3. The van der Waals surface area contributed by atoms with E-state index in [1.807, 2.05) is 66.9 Å². The number of carbonyl (C=O) groups is 1. The van der Waals surface area contributed by atoms with E-state index in [2.05, 4.69) is 45.5 Å². The molecule has 0 bridgehead atoms. The van der Waals surface area contributed by atoms with Crippen molar-refractivity contribution in [2.24, 2.45) is 4.99 Å². The van der Waals surface area contributed by atoms with E-state index in [0.29, 0.717) is 0 Å². The number of benzene rings is 3. The first-order valence-corrected chi connectivity index (χ1v) is 11.8. The molecule has 3 aromatic rings. The van der Waals surface area contributed by atoms with Gasteiger partial charge in [-0.2, -0.15) is 0 Å². The van der Waals surface area contributed by atoms with Crippen molar-refractivity contribution < 1.29 is 9.53 Å². The molecule has 0 radical (unpaired) electrons. The Morgan fingerprint density at radius 2 is 1.97 bits per heavy atom. The quantitative estimate of drug-likeness (QED) is 0.435. The number of hydrogen-bond donors (Lipinski definition) is 3. The van der Waals surface area contributed by atoms with Gasteiger partial charge in [-0.15, -0.1) is 0 Å². The number of para-hydroxylation sites is 1. The van der Waals surface area contributed by atoms with Gasteiger partial charge in [-0.05, 0) is 61.5 Å². The molecule has 5 rings (SSSR count). The summed E-state index contributed by atoms with van der Waals surface area (Å²) in [7, 11) is 2.12. The Kier molecular flexibility index (Phi) is 6.50. The van der Waals surface area contributed by atoms with Crippen molar-refractivity contribution in [3.05, 3.63) is 84.9 Å². The minimum Gasteiger partial charge on any atom is -0.489 e. The number of amides is 1. The number of hydrogen-bond acceptors (Lipinski definition) is 6. The molecule has 7 nitrogen and oxygen atoms in total. The first kappa shape index (κ1) is 22.7. The van der Waals surface area contributed by atoms with E-state index in [-0.39, 0.29) is 18.3 Å². The van der Waals surface area contributed by atoms with Crippen LogP contribution in [0.4, 0.5) is 17.1 Å². The number of fused-ring (bicyclic) bond motifs is 1. The van der Waals surface area contributed by atoms with Crippen LogP contribution < -0.4 is 20.7 Å². The molecule has 0 aliphatic carbocycles. The van der Waals surface area contributed by atoms with Gasteiger partial charge in [-0.25, -0.2) is 4.99 Å². The van der Waals surface area contributed by atoms with E-state index in [9.17, 15) is 4.79 Å². The molecule has 1 saturated heterocycles. The summed E-state index contributed by atoms with van der Waals surface area (Å²) < 4.78 is 6.10. The van der Waals surface area contributed by atoms with E-state index in [1.165, 1.54) is 6.08 Å². The smallest absolute Gasteiger partial charge is 0.247 e. The number of ether oxygens (including phenoxy) is 1. The summed E-state index contributed by atoms with van der Waals surface area (Å²) in [5.74, 6) is 0.644. The summed E-state index contributed by atoms with van der Waals surface area (Å²) in [6.45, 7) is 5.56. The lowest BCUT2D eigenvalue weighted by Crippen LogP contribution is -2.30. The highest BCUT2D eigenvalue weighted by Gasteiger charge is 2.21. The molecule has 0 saturated carbocycles. The Labute approximate surface area is 205 Å². The fourth-order valence-corrected chi connectivity index (χ4v) is 4.41. The number of anilines is 3. The number of rotatable bonds is 7. The summed E-state index contributed by atoms with van der Waals surface area (Å²) in [6.07, 6.45) is 4.13. The zero-order chi connectivity index (χ0) is 24.2. The molecule has 1 amide bonds. The molecule has 178 valence electrons. The molecule has 2 atom stereocenters. The summed E-state index contributed by atoms with van der Waals surface area (Å²) in [5.41, 5.74) is 5.68. The van der Waals surface area contributed by atoms with Crippen LogP contribution in [-0.2, 0) is 4.79 Å². The van der Waals surface area contributed by atoms with Crippen LogP contribution in [0.25, 0.3) is 11.1 Å². The second-order valence-corrected chi connectivity index (χ2v) is 8.83. The van der Waals surface area contributed by atoms with Crippen LogP contribution in [0.1, 0.15) is 12.0 Å². The summed E-state index contributed by atoms with van der Waals surface area (Å²) in [4.78, 5) is 18.6. The van der Waals surface area contributed by atoms with Crippen molar-refractivity contribution in [2.45, 2.75) is 18.8 Å². The van der Waals surface area contributed by atoms with Crippen LogP contribution in [0.5, 0.6) is 5.75 Å². The van der Waals surface area contributed by atoms with Crippen molar-refractivity contribution in [1.82, 2.24) is 4.90 Å². The third kappa shape index (κ3) is 5.36. The van der Waals surface area contributed by atoms with Crippen molar-refractivity contribution in [3.63, 3.8) is 0 Å². The van der Waals surface area contributed by atoms with Crippen LogP contribution in [0.2, 0.25) is 0 Å². The van der Waals surface area contributed by atoms with E-state index in [4.69, 9.17) is 4.74 Å².